The van der Waals surface area contributed by atoms with Gasteiger partial charge in [-0.15, -0.1) is 13.2 Å². The van der Waals surface area contributed by atoms with E-state index in [-0.39, 0.29) is 22.5 Å². The van der Waals surface area contributed by atoms with E-state index in [0.29, 0.717) is 5.41 Å². The Bertz CT molecular complexity index is 1030. The van der Waals surface area contributed by atoms with Gasteiger partial charge in [0.1, 0.15) is 11.4 Å². The van der Waals surface area contributed by atoms with Crippen LogP contribution >= 0.6 is 0 Å². The third-order valence-corrected chi connectivity index (χ3v) is 8.63. The van der Waals surface area contributed by atoms with Gasteiger partial charge in [0.25, 0.3) is 0 Å². The summed E-state index contributed by atoms with van der Waals surface area (Å²) >= 11 is 0. The first-order valence-corrected chi connectivity index (χ1v) is 19.6. The van der Waals surface area contributed by atoms with Crippen LogP contribution in [0.1, 0.15) is 129 Å². The molecule has 0 radical (unpaired) electrons. The summed E-state index contributed by atoms with van der Waals surface area (Å²) in [5, 5.41) is 0. The van der Waals surface area contributed by atoms with E-state index in [1.807, 2.05) is 6.08 Å². The standard InChI is InChI=1S/C38H72N4O.C7H14/c1-16-39-19-20-40(29-32(4)27-36(7,8)9)21-22-41(30-33(5)28-37(10,11)12)24-26-42(25-23-39)35(18-17-31(2)3)34(6)43-38(13,14)15;1-5-6-7(2,3)4/h35H,2,4-6,16-30H2,1,3,7-15H3;5H,1,6H2,2-4H3. The third kappa shape index (κ3) is 26.2. The number of allylic oxidation sites excluding steroid dienone is 2. The van der Waals surface area contributed by atoms with Crippen LogP contribution in [0, 0.1) is 16.2 Å². The third-order valence-electron chi connectivity index (χ3n) is 8.63. The molecule has 0 aliphatic carbocycles. The predicted molar refractivity (Wildman–Crippen MR) is 225 cm³/mol. The molecular formula is C45H86N4O. The maximum atomic E-state index is 6.42. The Hall–Kier alpha value is -1.66. The van der Waals surface area contributed by atoms with Crippen molar-refractivity contribution >= 4 is 0 Å². The smallest absolute Gasteiger partial charge is 0.107 e. The minimum Gasteiger partial charge on any atom is -0.491 e. The summed E-state index contributed by atoms with van der Waals surface area (Å²) < 4.78 is 6.42. The lowest BCUT2D eigenvalue weighted by molar-refractivity contribution is 0.0151. The molecule has 1 heterocycles. The zero-order valence-electron chi connectivity index (χ0n) is 36.2. The number of hydrogen-bond donors (Lipinski definition) is 0. The van der Waals surface area contributed by atoms with Gasteiger partial charge in [-0.2, -0.15) is 0 Å². The van der Waals surface area contributed by atoms with Gasteiger partial charge in [0.15, 0.2) is 0 Å². The lowest BCUT2D eigenvalue weighted by atomic mass is 9.88. The lowest BCUT2D eigenvalue weighted by Gasteiger charge is -2.39. The van der Waals surface area contributed by atoms with Crippen molar-refractivity contribution in [2.45, 2.75) is 141 Å². The normalized spacial score (nSPS) is 17.8. The van der Waals surface area contributed by atoms with E-state index in [0.717, 1.165) is 110 Å². The fourth-order valence-electron chi connectivity index (χ4n) is 6.57. The highest BCUT2D eigenvalue weighted by Crippen LogP contribution is 2.26. The molecule has 50 heavy (non-hydrogen) atoms. The van der Waals surface area contributed by atoms with E-state index < -0.39 is 0 Å². The zero-order chi connectivity index (χ0) is 38.9. The summed E-state index contributed by atoms with van der Waals surface area (Å²) in [6.45, 7) is 63.8. The Morgan fingerprint density at radius 2 is 1.04 bits per heavy atom. The van der Waals surface area contributed by atoms with Crippen LogP contribution in [0.25, 0.3) is 0 Å². The average molecular weight is 699 g/mol. The maximum Gasteiger partial charge on any atom is 0.107 e. The van der Waals surface area contributed by atoms with E-state index in [2.05, 4.69) is 149 Å². The van der Waals surface area contributed by atoms with Crippen LogP contribution in [0.3, 0.4) is 0 Å². The number of nitrogens with zero attached hydrogens (tertiary/aromatic N) is 4. The highest BCUT2D eigenvalue weighted by Gasteiger charge is 2.28. The minimum absolute atomic E-state index is 0.161. The first-order chi connectivity index (χ1) is 22.7. The molecule has 1 fully saturated rings. The van der Waals surface area contributed by atoms with Gasteiger partial charge in [-0.05, 0) is 82.6 Å². The second-order valence-electron chi connectivity index (χ2n) is 19.7. The Kier molecular flexibility index (Phi) is 21.7. The van der Waals surface area contributed by atoms with Crippen LogP contribution < -0.4 is 0 Å². The van der Waals surface area contributed by atoms with Gasteiger partial charge in [-0.1, -0.05) is 112 Å². The number of likely N-dealkylation sites (N-methyl/N-ethyl adjacent to an activating group) is 1. The monoisotopic (exact) mass is 699 g/mol. The predicted octanol–water partition coefficient (Wildman–Crippen LogP) is 10.9. The number of hydrogen-bond acceptors (Lipinski definition) is 5. The largest absolute Gasteiger partial charge is 0.491 e. The zero-order valence-corrected chi connectivity index (χ0v) is 36.2. The van der Waals surface area contributed by atoms with Crippen LogP contribution in [0.5, 0.6) is 0 Å². The van der Waals surface area contributed by atoms with Crippen LogP contribution in [-0.2, 0) is 4.74 Å². The molecule has 0 saturated carbocycles. The summed E-state index contributed by atoms with van der Waals surface area (Å²) in [5.41, 5.74) is 4.55. The molecule has 5 nitrogen and oxygen atoms in total. The van der Waals surface area contributed by atoms with Crippen molar-refractivity contribution in [3.63, 3.8) is 0 Å². The molecule has 0 spiro atoms. The molecule has 0 aromatic rings. The van der Waals surface area contributed by atoms with Gasteiger partial charge < -0.3 is 9.64 Å². The van der Waals surface area contributed by atoms with Gasteiger partial charge in [-0.25, -0.2) is 0 Å². The van der Waals surface area contributed by atoms with Crippen LogP contribution in [0.15, 0.2) is 61.4 Å². The van der Waals surface area contributed by atoms with E-state index in [4.69, 9.17) is 4.74 Å². The molecule has 1 aliphatic rings. The summed E-state index contributed by atoms with van der Waals surface area (Å²) in [7, 11) is 0. The summed E-state index contributed by atoms with van der Waals surface area (Å²) in [6.07, 6.45) is 7.13. The van der Waals surface area contributed by atoms with E-state index in [9.17, 15) is 0 Å². The molecule has 1 rings (SSSR count). The first kappa shape index (κ1) is 48.3. The van der Waals surface area contributed by atoms with Crippen LogP contribution in [-0.4, -0.2) is 103 Å². The molecule has 1 unspecified atom stereocenters. The van der Waals surface area contributed by atoms with Crippen molar-refractivity contribution in [2.24, 2.45) is 16.2 Å². The topological polar surface area (TPSA) is 22.2 Å². The maximum absolute atomic E-state index is 6.42. The molecule has 1 saturated heterocycles. The van der Waals surface area contributed by atoms with Crippen molar-refractivity contribution < 1.29 is 4.74 Å². The fourth-order valence-corrected chi connectivity index (χ4v) is 6.57. The molecule has 292 valence electrons. The van der Waals surface area contributed by atoms with E-state index in [1.54, 1.807) is 0 Å². The Labute approximate surface area is 314 Å². The van der Waals surface area contributed by atoms with Crippen molar-refractivity contribution in [3.05, 3.63) is 61.4 Å². The molecule has 0 aromatic carbocycles. The highest BCUT2D eigenvalue weighted by molar-refractivity contribution is 5.05. The molecule has 5 heteroatoms. The average Bonchev–Trinajstić information content (AvgIpc) is 2.89. The molecule has 1 aliphatic heterocycles. The molecule has 0 N–H and O–H groups in total. The highest BCUT2D eigenvalue weighted by atomic mass is 16.5. The van der Waals surface area contributed by atoms with Gasteiger partial charge >= 0.3 is 0 Å². The van der Waals surface area contributed by atoms with Crippen molar-refractivity contribution in [1.29, 1.82) is 0 Å². The first-order valence-electron chi connectivity index (χ1n) is 19.6. The summed E-state index contributed by atoms with van der Waals surface area (Å²) in [6, 6.07) is 0.161. The molecule has 0 bridgehead atoms. The molecular weight excluding hydrogens is 613 g/mol. The molecule has 1 atom stereocenters. The fraction of sp³-hybridized carbons (Fsp3) is 0.778. The SMILES string of the molecule is C=C(C)CCC(C(=C)OC(C)(C)C)N1CCN(CC)CCN(CC(=C)CC(C)(C)C)CCN(CC(=C)CC(C)(C)C)CC1.C=CCC(C)(C)C. The van der Waals surface area contributed by atoms with Crippen LogP contribution in [0.2, 0.25) is 0 Å². The summed E-state index contributed by atoms with van der Waals surface area (Å²) in [5.74, 6) is 0.885. The molecule has 0 amide bonds. The summed E-state index contributed by atoms with van der Waals surface area (Å²) in [4.78, 5) is 10.5. The Balaban J connectivity index is 0.00000308. The quantitative estimate of drug-likeness (QED) is 0.133. The molecule has 0 aromatic heterocycles. The lowest BCUT2D eigenvalue weighted by Crippen LogP contribution is -2.49. The van der Waals surface area contributed by atoms with Crippen molar-refractivity contribution in [3.8, 4) is 0 Å². The second kappa shape index (κ2) is 22.4. The Morgan fingerprint density at radius 1 is 0.640 bits per heavy atom. The van der Waals surface area contributed by atoms with E-state index in [1.165, 1.54) is 16.7 Å². The second-order valence-corrected chi connectivity index (χ2v) is 19.7. The minimum atomic E-state index is -0.266. The number of rotatable bonds is 14. The van der Waals surface area contributed by atoms with E-state index >= 15 is 0 Å². The van der Waals surface area contributed by atoms with Gasteiger partial charge in [0.2, 0.25) is 0 Å². The number of ether oxygens (including phenoxy) is 1. The van der Waals surface area contributed by atoms with Crippen molar-refractivity contribution in [2.75, 3.05) is 72.0 Å². The van der Waals surface area contributed by atoms with Gasteiger partial charge in [0, 0.05) is 65.4 Å². The van der Waals surface area contributed by atoms with Gasteiger partial charge in [0.05, 0.1) is 6.04 Å². The van der Waals surface area contributed by atoms with Gasteiger partial charge in [-0.3, -0.25) is 14.7 Å². The van der Waals surface area contributed by atoms with Crippen molar-refractivity contribution in [1.82, 2.24) is 19.6 Å². The Morgan fingerprint density at radius 3 is 1.36 bits per heavy atom. The van der Waals surface area contributed by atoms with Crippen LogP contribution in [0.4, 0.5) is 0 Å².